The first-order chi connectivity index (χ1) is 15.3. The van der Waals surface area contributed by atoms with Crippen LogP contribution in [-0.4, -0.2) is 53.9 Å². The van der Waals surface area contributed by atoms with E-state index < -0.39 is 15.9 Å². The number of hydrogen-bond donors (Lipinski definition) is 2. The minimum absolute atomic E-state index is 0.127. The van der Waals surface area contributed by atoms with Crippen molar-refractivity contribution in [1.82, 2.24) is 10.6 Å². The largest absolute Gasteiger partial charge is 0.493 e. The lowest BCUT2D eigenvalue weighted by Gasteiger charge is -2.30. The molecule has 1 aliphatic heterocycles. The lowest BCUT2D eigenvalue weighted by atomic mass is 10.1. The molecule has 32 heavy (non-hydrogen) atoms. The number of benzene rings is 2. The molecule has 1 aliphatic rings. The second-order valence-electron chi connectivity index (χ2n) is 7.42. The Morgan fingerprint density at radius 2 is 1.97 bits per heavy atom. The van der Waals surface area contributed by atoms with Crippen LogP contribution in [0.25, 0.3) is 0 Å². The molecule has 1 fully saturated rings. The molecule has 2 aromatic carbocycles. The summed E-state index contributed by atoms with van der Waals surface area (Å²) in [5, 5.41) is 15.3. The SMILES string of the molecule is COc1ccc(CNC(=O)c2cc(C#N)ccc2N([C@@H]2CCNC2)S(C)(=O)=O)cc1OC. The van der Waals surface area contributed by atoms with Crippen LogP contribution in [0, 0.1) is 11.3 Å². The molecule has 3 rings (SSSR count). The number of nitrogens with zero attached hydrogens (tertiary/aromatic N) is 2. The van der Waals surface area contributed by atoms with Crippen LogP contribution < -0.4 is 24.4 Å². The van der Waals surface area contributed by atoms with E-state index >= 15 is 0 Å². The lowest BCUT2D eigenvalue weighted by molar-refractivity contribution is 0.0951. The van der Waals surface area contributed by atoms with Crippen molar-refractivity contribution in [1.29, 1.82) is 5.26 Å². The van der Waals surface area contributed by atoms with Gasteiger partial charge in [0.05, 0.1) is 49.4 Å². The van der Waals surface area contributed by atoms with Gasteiger partial charge in [0.15, 0.2) is 11.5 Å². The zero-order valence-corrected chi connectivity index (χ0v) is 19.0. The Labute approximate surface area is 188 Å². The van der Waals surface area contributed by atoms with E-state index in [-0.39, 0.29) is 29.4 Å². The zero-order valence-electron chi connectivity index (χ0n) is 18.2. The molecule has 0 aromatic heterocycles. The van der Waals surface area contributed by atoms with Crippen LogP contribution in [-0.2, 0) is 16.6 Å². The molecular weight excluding hydrogens is 432 g/mol. The second kappa shape index (κ2) is 9.89. The van der Waals surface area contributed by atoms with Gasteiger partial charge in [0, 0.05) is 13.1 Å². The highest BCUT2D eigenvalue weighted by atomic mass is 32.2. The fourth-order valence-corrected chi connectivity index (χ4v) is 4.97. The quantitative estimate of drug-likeness (QED) is 0.617. The number of anilines is 1. The summed E-state index contributed by atoms with van der Waals surface area (Å²) in [6, 6.07) is 11.4. The Bertz CT molecular complexity index is 1140. The van der Waals surface area contributed by atoms with E-state index in [1.165, 1.54) is 36.7 Å². The van der Waals surface area contributed by atoms with Crippen LogP contribution in [0.15, 0.2) is 36.4 Å². The van der Waals surface area contributed by atoms with E-state index in [2.05, 4.69) is 10.6 Å². The molecule has 0 spiro atoms. The Balaban J connectivity index is 1.92. The number of carbonyl (C=O) groups excluding carboxylic acids is 1. The highest BCUT2D eigenvalue weighted by Crippen LogP contribution is 2.30. The summed E-state index contributed by atoms with van der Waals surface area (Å²) in [5.41, 5.74) is 1.42. The first-order valence-electron chi connectivity index (χ1n) is 10.0. The molecular formula is C22H26N4O5S. The van der Waals surface area contributed by atoms with E-state index in [1.54, 1.807) is 18.2 Å². The lowest BCUT2D eigenvalue weighted by Crippen LogP contribution is -2.42. The van der Waals surface area contributed by atoms with Crippen molar-refractivity contribution >= 4 is 21.6 Å². The summed E-state index contributed by atoms with van der Waals surface area (Å²) >= 11 is 0. The monoisotopic (exact) mass is 458 g/mol. The minimum atomic E-state index is -3.66. The molecule has 0 saturated carbocycles. The van der Waals surface area contributed by atoms with E-state index in [0.717, 1.165) is 11.8 Å². The number of nitrogens with one attached hydrogen (secondary N) is 2. The van der Waals surface area contributed by atoms with Crippen LogP contribution in [0.2, 0.25) is 0 Å². The van der Waals surface area contributed by atoms with Crippen LogP contribution in [0.1, 0.15) is 27.9 Å². The highest BCUT2D eigenvalue weighted by Gasteiger charge is 2.32. The number of sulfonamides is 1. The molecule has 0 aliphatic carbocycles. The Morgan fingerprint density at radius 1 is 1.22 bits per heavy atom. The summed E-state index contributed by atoms with van der Waals surface area (Å²) in [7, 11) is -0.597. The Hall–Kier alpha value is -3.29. The average Bonchev–Trinajstić information content (AvgIpc) is 3.30. The number of methoxy groups -OCH3 is 2. The van der Waals surface area contributed by atoms with Gasteiger partial charge in [0.1, 0.15) is 0 Å². The average molecular weight is 459 g/mol. The topological polar surface area (TPSA) is 121 Å². The van der Waals surface area contributed by atoms with Gasteiger partial charge >= 0.3 is 0 Å². The third-order valence-electron chi connectivity index (χ3n) is 5.23. The molecule has 10 heteroatoms. The Kier molecular flexibility index (Phi) is 7.22. The fraction of sp³-hybridized carbons (Fsp3) is 0.364. The molecule has 1 atom stereocenters. The van der Waals surface area contributed by atoms with Crippen LogP contribution in [0.5, 0.6) is 11.5 Å². The predicted octanol–water partition coefficient (Wildman–Crippen LogP) is 1.63. The smallest absolute Gasteiger partial charge is 0.253 e. The van der Waals surface area contributed by atoms with Gasteiger partial charge in [-0.25, -0.2) is 8.42 Å². The number of amides is 1. The summed E-state index contributed by atoms with van der Waals surface area (Å²) in [6.45, 7) is 1.35. The summed E-state index contributed by atoms with van der Waals surface area (Å²) in [4.78, 5) is 13.1. The molecule has 0 radical (unpaired) electrons. The molecule has 170 valence electrons. The zero-order chi connectivity index (χ0) is 23.3. The van der Waals surface area contributed by atoms with Gasteiger partial charge in [-0.2, -0.15) is 5.26 Å². The fourth-order valence-electron chi connectivity index (χ4n) is 3.73. The Morgan fingerprint density at radius 3 is 2.56 bits per heavy atom. The molecule has 1 heterocycles. The normalized spacial score (nSPS) is 15.6. The molecule has 2 aromatic rings. The van der Waals surface area contributed by atoms with Crippen molar-refractivity contribution in [3.63, 3.8) is 0 Å². The van der Waals surface area contributed by atoms with E-state index in [9.17, 15) is 18.5 Å². The van der Waals surface area contributed by atoms with Crippen molar-refractivity contribution in [3.8, 4) is 17.6 Å². The summed E-state index contributed by atoms with van der Waals surface area (Å²) in [6.07, 6.45) is 1.74. The van der Waals surface area contributed by atoms with Crippen molar-refractivity contribution in [2.24, 2.45) is 0 Å². The number of nitriles is 1. The summed E-state index contributed by atoms with van der Waals surface area (Å²) < 4.78 is 37.1. The maximum atomic E-state index is 13.1. The van der Waals surface area contributed by atoms with Gasteiger partial charge in [-0.15, -0.1) is 0 Å². The van der Waals surface area contributed by atoms with E-state index in [0.29, 0.717) is 31.0 Å². The second-order valence-corrected chi connectivity index (χ2v) is 9.28. The van der Waals surface area contributed by atoms with E-state index in [4.69, 9.17) is 9.47 Å². The van der Waals surface area contributed by atoms with Crippen molar-refractivity contribution < 1.29 is 22.7 Å². The molecule has 0 bridgehead atoms. The summed E-state index contributed by atoms with van der Waals surface area (Å²) in [5.74, 6) is 0.621. The first kappa shape index (κ1) is 23.4. The number of rotatable bonds is 8. The third kappa shape index (κ3) is 5.12. The number of hydrogen-bond acceptors (Lipinski definition) is 7. The van der Waals surface area contributed by atoms with Crippen molar-refractivity contribution in [3.05, 3.63) is 53.1 Å². The predicted molar refractivity (Wildman–Crippen MR) is 120 cm³/mol. The maximum absolute atomic E-state index is 13.1. The van der Waals surface area contributed by atoms with Crippen molar-refractivity contribution in [2.75, 3.05) is 37.9 Å². The highest BCUT2D eigenvalue weighted by molar-refractivity contribution is 7.92. The van der Waals surface area contributed by atoms with Gasteiger partial charge in [-0.3, -0.25) is 9.10 Å². The standard InChI is InChI=1S/C22H26N4O5S/c1-30-20-7-5-16(11-21(20)31-2)13-25-22(27)18-10-15(12-23)4-6-19(18)26(32(3,28)29)17-8-9-24-14-17/h4-7,10-11,17,24H,8-9,13-14H2,1-3H3,(H,25,27)/t17-/m1/s1. The first-order valence-corrected chi connectivity index (χ1v) is 11.9. The molecule has 1 amide bonds. The molecule has 2 N–H and O–H groups in total. The van der Waals surface area contributed by atoms with Crippen LogP contribution in [0.3, 0.4) is 0 Å². The number of carbonyl (C=O) groups is 1. The van der Waals surface area contributed by atoms with Crippen LogP contribution in [0.4, 0.5) is 5.69 Å². The van der Waals surface area contributed by atoms with Gasteiger partial charge in [0.25, 0.3) is 5.91 Å². The van der Waals surface area contributed by atoms with Gasteiger partial charge in [-0.05, 0) is 48.9 Å². The van der Waals surface area contributed by atoms with Crippen LogP contribution >= 0.6 is 0 Å². The molecule has 1 saturated heterocycles. The van der Waals surface area contributed by atoms with Gasteiger partial charge < -0.3 is 20.1 Å². The van der Waals surface area contributed by atoms with Gasteiger partial charge in [-0.1, -0.05) is 6.07 Å². The molecule has 0 unspecified atom stereocenters. The van der Waals surface area contributed by atoms with Crippen molar-refractivity contribution in [2.45, 2.75) is 19.0 Å². The minimum Gasteiger partial charge on any atom is -0.493 e. The van der Waals surface area contributed by atoms with Gasteiger partial charge in [0.2, 0.25) is 10.0 Å². The maximum Gasteiger partial charge on any atom is 0.253 e. The number of ether oxygens (including phenoxy) is 2. The third-order valence-corrected chi connectivity index (χ3v) is 6.44. The van der Waals surface area contributed by atoms with E-state index in [1.807, 2.05) is 6.07 Å². The molecule has 9 nitrogen and oxygen atoms in total.